The molecule has 2 fully saturated rings. The van der Waals surface area contributed by atoms with E-state index in [-0.39, 0.29) is 46.5 Å². The number of guanidine groups is 1. The van der Waals surface area contributed by atoms with Crippen LogP contribution >= 0.6 is 24.0 Å². The molecule has 0 spiro atoms. The number of piperazine rings is 1. The Kier molecular flexibility index (Phi) is 10.6. The van der Waals surface area contributed by atoms with E-state index >= 15 is 0 Å². The molecular formula is C22H35IN6O3. The number of nitro benzene ring substituents is 1. The molecule has 1 saturated carbocycles. The minimum Gasteiger partial charge on any atom is -0.353 e. The molecule has 1 aliphatic carbocycles. The summed E-state index contributed by atoms with van der Waals surface area (Å²) in [5, 5.41) is 17.4. The fraction of sp³-hybridized carbons (Fsp3) is 0.636. The first-order valence-corrected chi connectivity index (χ1v) is 11.2. The molecule has 2 aliphatic rings. The van der Waals surface area contributed by atoms with Crippen LogP contribution in [0.25, 0.3) is 0 Å². The first kappa shape index (κ1) is 26.3. The number of amides is 1. The molecule has 0 atom stereocenters. The summed E-state index contributed by atoms with van der Waals surface area (Å²) in [5.41, 5.74) is 1.04. The maximum atomic E-state index is 12.0. The first-order chi connectivity index (χ1) is 14.9. The number of non-ortho nitro benzene ring substituents is 1. The topological polar surface area (TPSA) is 103 Å². The molecule has 1 saturated heterocycles. The third-order valence-electron chi connectivity index (χ3n) is 5.74. The Balaban J connectivity index is 0.00000363. The Hall–Kier alpha value is -1.95. The largest absolute Gasteiger partial charge is 0.353 e. The van der Waals surface area contributed by atoms with Crippen LogP contribution in [0.3, 0.4) is 0 Å². The average Bonchev–Trinajstić information content (AvgIpc) is 3.24. The fourth-order valence-electron chi connectivity index (χ4n) is 4.07. The standard InChI is InChI=1S/C22H34N6O3.HI/c1-17(2)24-21(29)16-26-11-13-27(14-12-26)22(25-19-5-3-4-6-19)23-15-18-7-9-20(10-8-18)28(30)31;/h7-10,17,19H,3-6,11-16H2,1-2H3,(H,23,25)(H,24,29);1H. The van der Waals surface area contributed by atoms with E-state index in [0.29, 0.717) is 19.1 Å². The van der Waals surface area contributed by atoms with Crippen LogP contribution in [0.5, 0.6) is 0 Å². The van der Waals surface area contributed by atoms with Crippen molar-refractivity contribution in [3.8, 4) is 0 Å². The molecule has 1 amide bonds. The maximum absolute atomic E-state index is 12.0. The van der Waals surface area contributed by atoms with E-state index in [2.05, 4.69) is 20.4 Å². The molecule has 1 aromatic carbocycles. The monoisotopic (exact) mass is 558 g/mol. The highest BCUT2D eigenvalue weighted by atomic mass is 127. The van der Waals surface area contributed by atoms with Gasteiger partial charge in [0.2, 0.25) is 5.91 Å². The average molecular weight is 558 g/mol. The second-order valence-corrected chi connectivity index (χ2v) is 8.67. The molecule has 32 heavy (non-hydrogen) atoms. The quantitative estimate of drug-likeness (QED) is 0.176. The molecule has 0 radical (unpaired) electrons. The fourth-order valence-corrected chi connectivity index (χ4v) is 4.07. The van der Waals surface area contributed by atoms with Crippen molar-refractivity contribution in [1.29, 1.82) is 0 Å². The SMILES string of the molecule is CC(C)NC(=O)CN1CCN(C(=NCc2ccc([N+](=O)[O-])cc2)NC2CCCC2)CC1.I. The summed E-state index contributed by atoms with van der Waals surface area (Å²) in [4.78, 5) is 31.8. The van der Waals surface area contributed by atoms with Crippen molar-refractivity contribution in [2.75, 3.05) is 32.7 Å². The van der Waals surface area contributed by atoms with Crippen LogP contribution < -0.4 is 10.6 Å². The molecule has 2 N–H and O–H groups in total. The number of carbonyl (C=O) groups excluding carboxylic acids is 1. The zero-order valence-corrected chi connectivity index (χ0v) is 21.3. The van der Waals surface area contributed by atoms with Crippen molar-refractivity contribution in [1.82, 2.24) is 20.4 Å². The lowest BCUT2D eigenvalue weighted by molar-refractivity contribution is -0.384. The van der Waals surface area contributed by atoms with Crippen LogP contribution in [0.1, 0.15) is 45.1 Å². The van der Waals surface area contributed by atoms with Crippen molar-refractivity contribution in [2.45, 2.75) is 58.2 Å². The van der Waals surface area contributed by atoms with Gasteiger partial charge >= 0.3 is 0 Å². The molecular weight excluding hydrogens is 523 g/mol. The Morgan fingerprint density at radius 1 is 1.16 bits per heavy atom. The highest BCUT2D eigenvalue weighted by Gasteiger charge is 2.24. The Bertz CT molecular complexity index is 772. The van der Waals surface area contributed by atoms with Crippen molar-refractivity contribution in [3.63, 3.8) is 0 Å². The molecule has 10 heteroatoms. The highest BCUT2D eigenvalue weighted by molar-refractivity contribution is 14.0. The minimum atomic E-state index is -0.388. The van der Waals surface area contributed by atoms with Crippen molar-refractivity contribution < 1.29 is 9.72 Å². The molecule has 0 bridgehead atoms. The minimum absolute atomic E-state index is 0. The van der Waals surface area contributed by atoms with Crippen molar-refractivity contribution in [3.05, 3.63) is 39.9 Å². The number of benzene rings is 1. The van der Waals surface area contributed by atoms with Gasteiger partial charge in [0.25, 0.3) is 5.69 Å². The molecule has 1 aromatic rings. The molecule has 178 valence electrons. The van der Waals surface area contributed by atoms with Gasteiger partial charge in [0.1, 0.15) is 0 Å². The second kappa shape index (κ2) is 12.9. The number of hydrogen-bond donors (Lipinski definition) is 2. The van der Waals surface area contributed by atoms with Gasteiger partial charge in [-0.3, -0.25) is 19.8 Å². The van der Waals surface area contributed by atoms with Crippen molar-refractivity contribution in [2.24, 2.45) is 4.99 Å². The Morgan fingerprint density at radius 3 is 2.34 bits per heavy atom. The molecule has 1 aliphatic heterocycles. The van der Waals surface area contributed by atoms with Crippen LogP contribution in [0.4, 0.5) is 5.69 Å². The van der Waals surface area contributed by atoms with Gasteiger partial charge < -0.3 is 15.5 Å². The zero-order chi connectivity index (χ0) is 22.2. The number of carbonyl (C=O) groups is 1. The van der Waals surface area contributed by atoms with E-state index in [1.807, 2.05) is 13.8 Å². The van der Waals surface area contributed by atoms with Gasteiger partial charge in [0.15, 0.2) is 5.96 Å². The number of rotatable bonds is 7. The van der Waals surface area contributed by atoms with Crippen LogP contribution in [0, 0.1) is 10.1 Å². The molecule has 3 rings (SSSR count). The predicted octanol–water partition coefficient (Wildman–Crippen LogP) is 2.74. The van der Waals surface area contributed by atoms with Gasteiger partial charge in [-0.1, -0.05) is 25.0 Å². The van der Waals surface area contributed by atoms with Gasteiger partial charge in [-0.05, 0) is 32.3 Å². The first-order valence-electron chi connectivity index (χ1n) is 11.2. The second-order valence-electron chi connectivity index (χ2n) is 8.67. The van der Waals surface area contributed by atoms with Crippen LogP contribution in [-0.4, -0.2) is 71.4 Å². The summed E-state index contributed by atoms with van der Waals surface area (Å²) in [6, 6.07) is 7.18. The highest BCUT2D eigenvalue weighted by Crippen LogP contribution is 2.18. The summed E-state index contributed by atoms with van der Waals surface area (Å²) in [6.07, 6.45) is 4.80. The van der Waals surface area contributed by atoms with E-state index < -0.39 is 0 Å². The third-order valence-corrected chi connectivity index (χ3v) is 5.74. The number of halogens is 1. The van der Waals surface area contributed by atoms with Crippen LogP contribution in [0.2, 0.25) is 0 Å². The lowest BCUT2D eigenvalue weighted by Gasteiger charge is -2.37. The summed E-state index contributed by atoms with van der Waals surface area (Å²) >= 11 is 0. The normalized spacial score (nSPS) is 17.8. The molecule has 0 aromatic heterocycles. The maximum Gasteiger partial charge on any atom is 0.269 e. The van der Waals surface area contributed by atoms with Crippen molar-refractivity contribution >= 4 is 41.5 Å². The number of nitrogens with one attached hydrogen (secondary N) is 2. The molecule has 9 nitrogen and oxygen atoms in total. The van der Waals surface area contributed by atoms with Gasteiger partial charge in [-0.2, -0.15) is 0 Å². The number of nitrogens with zero attached hydrogens (tertiary/aromatic N) is 4. The third kappa shape index (κ3) is 8.19. The summed E-state index contributed by atoms with van der Waals surface area (Å²) in [6.45, 7) is 8.10. The van der Waals surface area contributed by atoms with E-state index in [1.54, 1.807) is 12.1 Å². The summed E-state index contributed by atoms with van der Waals surface area (Å²) < 4.78 is 0. The Morgan fingerprint density at radius 2 is 1.78 bits per heavy atom. The van der Waals surface area contributed by atoms with E-state index in [1.165, 1.54) is 25.0 Å². The molecule has 0 unspecified atom stereocenters. The van der Waals surface area contributed by atoms with Crippen LogP contribution in [0.15, 0.2) is 29.3 Å². The summed E-state index contributed by atoms with van der Waals surface area (Å²) in [7, 11) is 0. The number of hydrogen-bond acceptors (Lipinski definition) is 5. The summed E-state index contributed by atoms with van der Waals surface area (Å²) in [5.74, 6) is 0.969. The number of aliphatic imine (C=N–C) groups is 1. The lowest BCUT2D eigenvalue weighted by Crippen LogP contribution is -2.55. The lowest BCUT2D eigenvalue weighted by atomic mass is 10.2. The van der Waals surface area contributed by atoms with Gasteiger partial charge in [-0.15, -0.1) is 24.0 Å². The van der Waals surface area contributed by atoms with E-state index in [4.69, 9.17) is 4.99 Å². The zero-order valence-electron chi connectivity index (χ0n) is 19.0. The van der Waals surface area contributed by atoms with Gasteiger partial charge in [-0.25, -0.2) is 4.99 Å². The Labute approximate surface area is 207 Å². The van der Waals surface area contributed by atoms with E-state index in [0.717, 1.165) is 50.5 Å². The smallest absolute Gasteiger partial charge is 0.269 e. The van der Waals surface area contributed by atoms with Gasteiger partial charge in [0, 0.05) is 50.4 Å². The predicted molar refractivity (Wildman–Crippen MR) is 136 cm³/mol. The molecule has 1 heterocycles. The number of nitro groups is 1. The van der Waals surface area contributed by atoms with E-state index in [9.17, 15) is 14.9 Å². The van der Waals surface area contributed by atoms with Gasteiger partial charge in [0.05, 0.1) is 18.0 Å². The van der Waals surface area contributed by atoms with Crippen LogP contribution in [-0.2, 0) is 11.3 Å².